The van der Waals surface area contributed by atoms with Gasteiger partial charge in [-0.2, -0.15) is 0 Å². The lowest BCUT2D eigenvalue weighted by atomic mass is 9.86. The van der Waals surface area contributed by atoms with Crippen LogP contribution in [0.3, 0.4) is 0 Å². The van der Waals surface area contributed by atoms with Crippen molar-refractivity contribution in [3.05, 3.63) is 0 Å². The summed E-state index contributed by atoms with van der Waals surface area (Å²) in [4.78, 5) is 2.25. The Morgan fingerprint density at radius 3 is 2.29 bits per heavy atom. The van der Waals surface area contributed by atoms with Crippen LogP contribution in [-0.2, 0) is 0 Å². The lowest BCUT2D eigenvalue weighted by Gasteiger charge is -2.38. The Balaban J connectivity index is 2.28. The second kappa shape index (κ2) is 5.10. The summed E-state index contributed by atoms with van der Waals surface area (Å²) in [7, 11) is 4.26. The van der Waals surface area contributed by atoms with Crippen molar-refractivity contribution < 1.29 is 0 Å². The number of rotatable bonds is 5. The second-order valence-electron chi connectivity index (χ2n) is 5.21. The summed E-state index contributed by atoms with van der Waals surface area (Å²) in [5.74, 6) is 0.689. The summed E-state index contributed by atoms with van der Waals surface area (Å²) in [5, 5.41) is 3.69. The van der Waals surface area contributed by atoms with Gasteiger partial charge in [-0.25, -0.2) is 0 Å². The molecule has 0 saturated heterocycles. The average Bonchev–Trinajstić information content (AvgIpc) is 1.99. The van der Waals surface area contributed by atoms with Crippen LogP contribution in [0, 0.1) is 5.92 Å². The number of nitrogens with one attached hydrogen (secondary N) is 1. The van der Waals surface area contributed by atoms with Gasteiger partial charge in [-0.3, -0.25) is 0 Å². The van der Waals surface area contributed by atoms with Crippen LogP contribution in [0.4, 0.5) is 0 Å². The molecule has 1 fully saturated rings. The fourth-order valence-corrected chi connectivity index (χ4v) is 1.95. The van der Waals surface area contributed by atoms with Gasteiger partial charge in [-0.05, 0) is 32.9 Å². The van der Waals surface area contributed by atoms with Gasteiger partial charge in [0.15, 0.2) is 0 Å². The molecule has 84 valence electrons. The standard InChI is InChI=1S/C11H25N3/c1-8(2)11(7-14(3)4)13-10-5-9(12)6-10/h8-11,13H,5-7,12H2,1-4H3. The minimum absolute atomic E-state index is 0.444. The molecule has 14 heavy (non-hydrogen) atoms. The Morgan fingerprint density at radius 1 is 1.36 bits per heavy atom. The summed E-state index contributed by atoms with van der Waals surface area (Å²) in [5.41, 5.74) is 5.77. The molecular formula is C11H25N3. The number of nitrogens with zero attached hydrogens (tertiary/aromatic N) is 1. The van der Waals surface area contributed by atoms with E-state index in [0.29, 0.717) is 24.0 Å². The number of hydrogen-bond donors (Lipinski definition) is 2. The van der Waals surface area contributed by atoms with E-state index >= 15 is 0 Å². The first-order chi connectivity index (χ1) is 6.49. The van der Waals surface area contributed by atoms with Crippen molar-refractivity contribution >= 4 is 0 Å². The average molecular weight is 199 g/mol. The number of hydrogen-bond acceptors (Lipinski definition) is 3. The van der Waals surface area contributed by atoms with Gasteiger partial charge in [0.2, 0.25) is 0 Å². The molecule has 0 amide bonds. The molecule has 3 nitrogen and oxygen atoms in total. The van der Waals surface area contributed by atoms with E-state index in [2.05, 4.69) is 38.2 Å². The molecule has 0 aliphatic heterocycles. The minimum atomic E-state index is 0.444. The van der Waals surface area contributed by atoms with Gasteiger partial charge >= 0.3 is 0 Å². The van der Waals surface area contributed by atoms with E-state index < -0.39 is 0 Å². The van der Waals surface area contributed by atoms with E-state index in [-0.39, 0.29) is 0 Å². The van der Waals surface area contributed by atoms with Gasteiger partial charge < -0.3 is 16.0 Å². The third kappa shape index (κ3) is 3.56. The van der Waals surface area contributed by atoms with Crippen LogP contribution in [0.15, 0.2) is 0 Å². The smallest absolute Gasteiger partial charge is 0.0220 e. The van der Waals surface area contributed by atoms with Crippen molar-refractivity contribution in [3.63, 3.8) is 0 Å². The van der Waals surface area contributed by atoms with Gasteiger partial charge in [-0.1, -0.05) is 13.8 Å². The van der Waals surface area contributed by atoms with E-state index in [9.17, 15) is 0 Å². The third-order valence-corrected chi connectivity index (χ3v) is 2.99. The van der Waals surface area contributed by atoms with Crippen LogP contribution in [-0.4, -0.2) is 43.7 Å². The molecule has 1 aliphatic rings. The maximum atomic E-state index is 5.77. The van der Waals surface area contributed by atoms with Crippen LogP contribution in [0.2, 0.25) is 0 Å². The Kier molecular flexibility index (Phi) is 4.35. The molecule has 0 aromatic rings. The van der Waals surface area contributed by atoms with Crippen LogP contribution in [0.1, 0.15) is 26.7 Å². The highest BCUT2D eigenvalue weighted by Crippen LogP contribution is 2.19. The second-order valence-corrected chi connectivity index (χ2v) is 5.21. The van der Waals surface area contributed by atoms with Gasteiger partial charge in [0.05, 0.1) is 0 Å². The monoisotopic (exact) mass is 199 g/mol. The van der Waals surface area contributed by atoms with Crippen LogP contribution >= 0.6 is 0 Å². The van der Waals surface area contributed by atoms with E-state index in [0.717, 1.165) is 19.4 Å². The molecule has 1 rings (SSSR count). The fraction of sp³-hybridized carbons (Fsp3) is 1.00. The predicted octanol–water partition coefficient (Wildman–Crippen LogP) is 0.652. The molecule has 0 aromatic carbocycles. The van der Waals surface area contributed by atoms with Crippen molar-refractivity contribution in [2.75, 3.05) is 20.6 Å². The molecule has 0 spiro atoms. The van der Waals surface area contributed by atoms with Gasteiger partial charge in [0.25, 0.3) is 0 Å². The molecule has 0 heterocycles. The topological polar surface area (TPSA) is 41.3 Å². The molecule has 0 bridgehead atoms. The number of nitrogens with two attached hydrogens (primary N) is 1. The van der Waals surface area contributed by atoms with Crippen LogP contribution in [0.5, 0.6) is 0 Å². The molecule has 0 aromatic heterocycles. The molecule has 3 N–H and O–H groups in total. The summed E-state index contributed by atoms with van der Waals surface area (Å²) >= 11 is 0. The quantitative estimate of drug-likeness (QED) is 0.683. The van der Waals surface area contributed by atoms with E-state index in [4.69, 9.17) is 5.73 Å². The molecule has 1 unspecified atom stereocenters. The maximum Gasteiger partial charge on any atom is 0.0220 e. The van der Waals surface area contributed by atoms with Crippen molar-refractivity contribution in [2.45, 2.75) is 44.8 Å². The van der Waals surface area contributed by atoms with Gasteiger partial charge in [0.1, 0.15) is 0 Å². The Labute approximate surface area is 88.0 Å². The van der Waals surface area contributed by atoms with Gasteiger partial charge in [0, 0.05) is 24.7 Å². The van der Waals surface area contributed by atoms with Crippen LogP contribution in [0.25, 0.3) is 0 Å². The van der Waals surface area contributed by atoms with Crippen molar-refractivity contribution in [1.29, 1.82) is 0 Å². The molecule has 1 aliphatic carbocycles. The summed E-state index contributed by atoms with van der Waals surface area (Å²) in [6.07, 6.45) is 2.30. The third-order valence-electron chi connectivity index (χ3n) is 2.99. The molecule has 1 atom stereocenters. The van der Waals surface area contributed by atoms with Gasteiger partial charge in [-0.15, -0.1) is 0 Å². The minimum Gasteiger partial charge on any atom is -0.328 e. The zero-order valence-electron chi connectivity index (χ0n) is 9.96. The van der Waals surface area contributed by atoms with E-state index in [1.54, 1.807) is 0 Å². The highest BCUT2D eigenvalue weighted by Gasteiger charge is 2.28. The first-order valence-electron chi connectivity index (χ1n) is 5.65. The first-order valence-corrected chi connectivity index (χ1v) is 5.65. The molecule has 0 radical (unpaired) electrons. The zero-order chi connectivity index (χ0) is 10.7. The Bertz CT molecular complexity index is 162. The van der Waals surface area contributed by atoms with Crippen molar-refractivity contribution in [2.24, 2.45) is 11.7 Å². The van der Waals surface area contributed by atoms with E-state index in [1.807, 2.05) is 0 Å². The fourth-order valence-electron chi connectivity index (χ4n) is 1.95. The first kappa shape index (κ1) is 12.0. The summed E-state index contributed by atoms with van der Waals surface area (Å²) in [6, 6.07) is 1.71. The highest BCUT2D eigenvalue weighted by molar-refractivity contribution is 4.90. The molecule has 3 heteroatoms. The van der Waals surface area contributed by atoms with Crippen molar-refractivity contribution in [1.82, 2.24) is 10.2 Å². The Morgan fingerprint density at radius 2 is 1.93 bits per heavy atom. The summed E-state index contributed by atoms with van der Waals surface area (Å²) < 4.78 is 0. The molecule has 1 saturated carbocycles. The highest BCUT2D eigenvalue weighted by atomic mass is 15.1. The normalized spacial score (nSPS) is 29.4. The zero-order valence-corrected chi connectivity index (χ0v) is 9.96. The Hall–Kier alpha value is -0.120. The number of likely N-dealkylation sites (N-methyl/N-ethyl adjacent to an activating group) is 1. The van der Waals surface area contributed by atoms with E-state index in [1.165, 1.54) is 0 Å². The SMILES string of the molecule is CC(C)C(CN(C)C)NC1CC(N)C1. The molecular weight excluding hydrogens is 174 g/mol. The largest absolute Gasteiger partial charge is 0.328 e. The van der Waals surface area contributed by atoms with Crippen LogP contribution < -0.4 is 11.1 Å². The van der Waals surface area contributed by atoms with Crippen molar-refractivity contribution in [3.8, 4) is 0 Å². The lowest BCUT2D eigenvalue weighted by molar-refractivity contribution is 0.211. The maximum absolute atomic E-state index is 5.77. The lowest BCUT2D eigenvalue weighted by Crippen LogP contribution is -2.55. The summed E-state index contributed by atoms with van der Waals surface area (Å²) in [6.45, 7) is 5.67. The predicted molar refractivity (Wildman–Crippen MR) is 61.3 cm³/mol.